The van der Waals surface area contributed by atoms with Crippen LogP contribution < -0.4 is 15.4 Å². The maximum atomic E-state index is 13.6. The first-order valence-corrected chi connectivity index (χ1v) is 9.01. The lowest BCUT2D eigenvalue weighted by atomic mass is 10.1. The van der Waals surface area contributed by atoms with Crippen LogP contribution in [0.15, 0.2) is 29.3 Å². The van der Waals surface area contributed by atoms with Crippen molar-refractivity contribution in [1.82, 2.24) is 10.6 Å². The number of thioether (sulfide) groups is 1. The number of para-hydroxylation sites is 1. The summed E-state index contributed by atoms with van der Waals surface area (Å²) in [5.41, 5.74) is 0. The van der Waals surface area contributed by atoms with E-state index in [0.29, 0.717) is 6.54 Å². The lowest BCUT2D eigenvalue weighted by Crippen LogP contribution is -2.46. The zero-order valence-corrected chi connectivity index (χ0v) is 17.6. The van der Waals surface area contributed by atoms with Gasteiger partial charge in [-0.3, -0.25) is 4.99 Å². The first kappa shape index (κ1) is 21.3. The Hall–Kier alpha value is -0.700. The molecule has 2 atom stereocenters. The molecule has 0 spiro atoms. The molecule has 0 aromatic heterocycles. The molecule has 4 nitrogen and oxygen atoms in total. The Labute approximate surface area is 165 Å². The van der Waals surface area contributed by atoms with Crippen LogP contribution >= 0.6 is 35.7 Å². The number of rotatable bonds is 6. The number of nitrogens with one attached hydrogen (secondary N) is 2. The van der Waals surface area contributed by atoms with E-state index in [0.717, 1.165) is 12.5 Å². The van der Waals surface area contributed by atoms with Crippen molar-refractivity contribution in [2.45, 2.75) is 37.5 Å². The van der Waals surface area contributed by atoms with Gasteiger partial charge >= 0.3 is 0 Å². The number of hydrogen-bond acceptors (Lipinski definition) is 3. The van der Waals surface area contributed by atoms with E-state index in [1.54, 1.807) is 25.2 Å². The summed E-state index contributed by atoms with van der Waals surface area (Å²) in [6.45, 7) is 5.63. The molecule has 7 heteroatoms. The molecular weight excluding hydrogens is 440 g/mol. The summed E-state index contributed by atoms with van der Waals surface area (Å²) in [6, 6.07) is 6.45. The van der Waals surface area contributed by atoms with Gasteiger partial charge in [-0.25, -0.2) is 4.39 Å². The minimum atomic E-state index is -0.340. The SMILES string of the molecule is CN=C(NCC(C)Oc1ccccc1F)NCC1(C)CCCS1.I. The Balaban J connectivity index is 0.00000288. The van der Waals surface area contributed by atoms with Crippen LogP contribution in [-0.4, -0.2) is 42.7 Å². The second-order valence-corrected chi connectivity index (χ2v) is 7.75. The molecule has 1 aliphatic heterocycles. The fourth-order valence-corrected chi connectivity index (χ4v) is 3.75. The van der Waals surface area contributed by atoms with E-state index < -0.39 is 0 Å². The van der Waals surface area contributed by atoms with E-state index in [1.807, 2.05) is 18.7 Å². The van der Waals surface area contributed by atoms with E-state index >= 15 is 0 Å². The number of guanidine groups is 1. The maximum absolute atomic E-state index is 13.6. The summed E-state index contributed by atoms with van der Waals surface area (Å²) in [5.74, 6) is 1.92. The topological polar surface area (TPSA) is 45.7 Å². The van der Waals surface area contributed by atoms with Crippen LogP contribution in [0.1, 0.15) is 26.7 Å². The van der Waals surface area contributed by atoms with Gasteiger partial charge in [0.15, 0.2) is 17.5 Å². The van der Waals surface area contributed by atoms with Gasteiger partial charge < -0.3 is 15.4 Å². The molecule has 0 bridgehead atoms. The molecule has 0 saturated carbocycles. The summed E-state index contributed by atoms with van der Waals surface area (Å²) in [7, 11) is 1.75. The molecule has 2 unspecified atom stereocenters. The van der Waals surface area contributed by atoms with Crippen LogP contribution in [0.5, 0.6) is 5.75 Å². The summed E-state index contributed by atoms with van der Waals surface area (Å²) < 4.78 is 19.5. The Morgan fingerprint density at radius 2 is 2.17 bits per heavy atom. The first-order chi connectivity index (χ1) is 11.0. The van der Waals surface area contributed by atoms with Crippen molar-refractivity contribution in [2.24, 2.45) is 4.99 Å². The van der Waals surface area contributed by atoms with E-state index in [2.05, 4.69) is 22.5 Å². The Kier molecular flexibility index (Phi) is 9.18. The van der Waals surface area contributed by atoms with E-state index in [9.17, 15) is 4.39 Å². The average molecular weight is 467 g/mol. The molecule has 1 aromatic rings. The van der Waals surface area contributed by atoms with E-state index in [-0.39, 0.29) is 46.4 Å². The molecular formula is C17H27FIN3OS. The fourth-order valence-electron chi connectivity index (χ4n) is 2.51. The number of ether oxygens (including phenoxy) is 1. The predicted octanol–water partition coefficient (Wildman–Crippen LogP) is 3.66. The second kappa shape index (κ2) is 10.3. The zero-order chi connectivity index (χ0) is 16.7. The van der Waals surface area contributed by atoms with Gasteiger partial charge in [-0.1, -0.05) is 12.1 Å². The number of nitrogens with zero attached hydrogens (tertiary/aromatic N) is 1. The van der Waals surface area contributed by atoms with Crippen LogP contribution in [0.25, 0.3) is 0 Å². The molecule has 1 aromatic carbocycles. The summed E-state index contributed by atoms with van der Waals surface area (Å²) in [5, 5.41) is 6.60. The molecule has 24 heavy (non-hydrogen) atoms. The lowest BCUT2D eigenvalue weighted by molar-refractivity contribution is 0.214. The third kappa shape index (κ3) is 6.66. The Morgan fingerprint density at radius 3 is 2.79 bits per heavy atom. The minimum absolute atomic E-state index is 0. The number of halogens is 2. The third-order valence-corrected chi connectivity index (χ3v) is 5.41. The van der Waals surface area contributed by atoms with Gasteiger partial charge in [-0.05, 0) is 44.6 Å². The van der Waals surface area contributed by atoms with Crippen molar-refractivity contribution in [1.29, 1.82) is 0 Å². The predicted molar refractivity (Wildman–Crippen MR) is 111 cm³/mol. The lowest BCUT2D eigenvalue weighted by Gasteiger charge is -2.25. The minimum Gasteiger partial charge on any atom is -0.486 e. The Morgan fingerprint density at radius 1 is 1.42 bits per heavy atom. The van der Waals surface area contributed by atoms with Gasteiger partial charge in [0, 0.05) is 18.3 Å². The quantitative estimate of drug-likeness (QED) is 0.381. The van der Waals surface area contributed by atoms with Crippen LogP contribution in [-0.2, 0) is 0 Å². The van der Waals surface area contributed by atoms with E-state index in [1.165, 1.54) is 24.7 Å². The van der Waals surface area contributed by atoms with Gasteiger partial charge in [0.1, 0.15) is 6.10 Å². The van der Waals surface area contributed by atoms with Crippen molar-refractivity contribution < 1.29 is 9.13 Å². The van der Waals surface area contributed by atoms with Crippen LogP contribution in [0, 0.1) is 5.82 Å². The molecule has 1 aliphatic rings. The van der Waals surface area contributed by atoms with Crippen LogP contribution in [0.2, 0.25) is 0 Å². The molecule has 1 saturated heterocycles. The van der Waals surface area contributed by atoms with Gasteiger partial charge in [-0.2, -0.15) is 11.8 Å². The second-order valence-electron chi connectivity index (χ2n) is 6.07. The molecule has 1 fully saturated rings. The maximum Gasteiger partial charge on any atom is 0.191 e. The van der Waals surface area contributed by atoms with Crippen molar-refractivity contribution in [3.63, 3.8) is 0 Å². The molecule has 0 amide bonds. The summed E-state index contributed by atoms with van der Waals surface area (Å²) in [4.78, 5) is 4.23. The molecule has 2 N–H and O–H groups in total. The van der Waals surface area contributed by atoms with Gasteiger partial charge in [0.05, 0.1) is 6.54 Å². The van der Waals surface area contributed by atoms with Crippen LogP contribution in [0.4, 0.5) is 4.39 Å². The van der Waals surface area contributed by atoms with Gasteiger partial charge in [0.25, 0.3) is 0 Å². The molecule has 0 radical (unpaired) electrons. The molecule has 2 rings (SSSR count). The highest BCUT2D eigenvalue weighted by Crippen LogP contribution is 2.36. The summed E-state index contributed by atoms with van der Waals surface area (Å²) >= 11 is 2.01. The smallest absolute Gasteiger partial charge is 0.191 e. The molecule has 0 aliphatic carbocycles. The highest BCUT2D eigenvalue weighted by molar-refractivity contribution is 14.0. The van der Waals surface area contributed by atoms with Gasteiger partial charge in [-0.15, -0.1) is 24.0 Å². The summed E-state index contributed by atoms with van der Waals surface area (Å²) in [6.07, 6.45) is 2.35. The van der Waals surface area contributed by atoms with Crippen LogP contribution in [0.3, 0.4) is 0 Å². The first-order valence-electron chi connectivity index (χ1n) is 8.02. The van der Waals surface area contributed by atoms with Crippen molar-refractivity contribution in [2.75, 3.05) is 25.9 Å². The number of aliphatic imine (C=N–C) groups is 1. The van der Waals surface area contributed by atoms with Crippen molar-refractivity contribution in [3.05, 3.63) is 30.1 Å². The fraction of sp³-hybridized carbons (Fsp3) is 0.588. The largest absolute Gasteiger partial charge is 0.486 e. The molecule has 136 valence electrons. The van der Waals surface area contributed by atoms with E-state index in [4.69, 9.17) is 4.74 Å². The zero-order valence-electron chi connectivity index (χ0n) is 14.5. The monoisotopic (exact) mass is 467 g/mol. The number of benzene rings is 1. The normalized spacial score (nSPS) is 21.8. The number of hydrogen-bond donors (Lipinski definition) is 2. The van der Waals surface area contributed by atoms with Crippen molar-refractivity contribution >= 4 is 41.7 Å². The van der Waals surface area contributed by atoms with Gasteiger partial charge in [0.2, 0.25) is 0 Å². The Bertz CT molecular complexity index is 538. The highest BCUT2D eigenvalue weighted by atomic mass is 127. The van der Waals surface area contributed by atoms with Crippen molar-refractivity contribution in [3.8, 4) is 5.75 Å². The standard InChI is InChI=1S/C17H26FN3OS.HI/c1-13(22-15-8-5-4-7-14(15)18)11-20-16(19-3)21-12-17(2)9-6-10-23-17;/h4-5,7-8,13H,6,9-12H2,1-3H3,(H2,19,20,21);1H. The third-order valence-electron chi connectivity index (χ3n) is 3.88. The highest BCUT2D eigenvalue weighted by Gasteiger charge is 2.29. The molecule has 1 heterocycles. The average Bonchev–Trinajstić information content (AvgIpc) is 2.97.